The van der Waals surface area contributed by atoms with Gasteiger partial charge in [0.25, 0.3) is 5.91 Å². The van der Waals surface area contributed by atoms with Crippen molar-refractivity contribution in [3.8, 4) is 0 Å². The number of carbonyl (C=O) groups is 1. The van der Waals surface area contributed by atoms with E-state index in [0.29, 0.717) is 18.2 Å². The van der Waals surface area contributed by atoms with Gasteiger partial charge in [0.1, 0.15) is 0 Å². The molecule has 2 aromatic rings. The van der Waals surface area contributed by atoms with E-state index in [2.05, 4.69) is 15.6 Å². The highest BCUT2D eigenvalue weighted by Crippen LogP contribution is 2.13. The van der Waals surface area contributed by atoms with Crippen LogP contribution < -0.4 is 10.6 Å². The van der Waals surface area contributed by atoms with Gasteiger partial charge in [-0.1, -0.05) is 12.5 Å². The summed E-state index contributed by atoms with van der Waals surface area (Å²) in [6.45, 7) is 1.76. The first-order chi connectivity index (χ1) is 9.83. The van der Waals surface area contributed by atoms with E-state index < -0.39 is 0 Å². The molecule has 20 heavy (non-hydrogen) atoms. The van der Waals surface area contributed by atoms with Crippen molar-refractivity contribution in [2.45, 2.75) is 25.3 Å². The van der Waals surface area contributed by atoms with E-state index in [1.807, 2.05) is 30.3 Å². The molecular weight excluding hydrogens is 250 g/mol. The molecule has 2 N–H and O–H groups in total. The van der Waals surface area contributed by atoms with Crippen molar-refractivity contribution in [1.29, 1.82) is 0 Å². The van der Waals surface area contributed by atoms with E-state index in [1.54, 1.807) is 6.20 Å². The van der Waals surface area contributed by atoms with Gasteiger partial charge < -0.3 is 10.6 Å². The van der Waals surface area contributed by atoms with E-state index in [9.17, 15) is 4.79 Å². The average Bonchev–Trinajstić information content (AvgIpc) is 2.53. The number of hydrogen-bond acceptors (Lipinski definition) is 3. The van der Waals surface area contributed by atoms with Crippen molar-refractivity contribution in [1.82, 2.24) is 15.6 Å². The SMILES string of the molecule is O=C(NCC1CCCCN1)c1ccc2ncccc2c1. The quantitative estimate of drug-likeness (QED) is 0.897. The monoisotopic (exact) mass is 269 g/mol. The third kappa shape index (κ3) is 2.96. The summed E-state index contributed by atoms with van der Waals surface area (Å²) in [7, 11) is 0. The molecule has 4 nitrogen and oxygen atoms in total. The standard InChI is InChI=1S/C16H19N3O/c20-16(19-11-14-5-1-2-8-17-14)13-6-7-15-12(10-13)4-3-9-18-15/h3-4,6-7,9-10,14,17H,1-2,5,8,11H2,(H,19,20). The Morgan fingerprint density at radius 1 is 1.35 bits per heavy atom. The number of carbonyl (C=O) groups excluding carboxylic acids is 1. The normalized spacial score (nSPS) is 18.9. The molecule has 1 saturated heterocycles. The van der Waals surface area contributed by atoms with Gasteiger partial charge in [0.05, 0.1) is 5.52 Å². The summed E-state index contributed by atoms with van der Waals surface area (Å²) in [6, 6.07) is 9.89. The van der Waals surface area contributed by atoms with Crippen LogP contribution in [-0.4, -0.2) is 30.0 Å². The molecule has 0 bridgehead atoms. The maximum absolute atomic E-state index is 12.2. The Morgan fingerprint density at radius 3 is 3.15 bits per heavy atom. The van der Waals surface area contributed by atoms with E-state index in [0.717, 1.165) is 23.9 Å². The van der Waals surface area contributed by atoms with Crippen LogP contribution in [0, 0.1) is 0 Å². The zero-order valence-corrected chi connectivity index (χ0v) is 11.4. The third-order valence-electron chi connectivity index (χ3n) is 3.79. The zero-order valence-electron chi connectivity index (χ0n) is 11.4. The van der Waals surface area contributed by atoms with Gasteiger partial charge in [-0.2, -0.15) is 0 Å². The minimum absolute atomic E-state index is 0.0110. The summed E-state index contributed by atoms with van der Waals surface area (Å²) < 4.78 is 0. The first-order valence-corrected chi connectivity index (χ1v) is 7.19. The summed E-state index contributed by atoms with van der Waals surface area (Å²) in [4.78, 5) is 16.4. The lowest BCUT2D eigenvalue weighted by atomic mass is 10.0. The van der Waals surface area contributed by atoms with Crippen LogP contribution in [0.1, 0.15) is 29.6 Å². The highest BCUT2D eigenvalue weighted by Gasteiger charge is 2.14. The highest BCUT2D eigenvalue weighted by atomic mass is 16.1. The molecule has 1 amide bonds. The lowest BCUT2D eigenvalue weighted by molar-refractivity contribution is 0.0948. The second-order valence-electron chi connectivity index (χ2n) is 5.27. The maximum Gasteiger partial charge on any atom is 0.251 e. The Morgan fingerprint density at radius 2 is 2.30 bits per heavy atom. The molecular formula is C16H19N3O. The number of hydrogen-bond donors (Lipinski definition) is 2. The van der Waals surface area contributed by atoms with E-state index in [4.69, 9.17) is 0 Å². The van der Waals surface area contributed by atoms with E-state index >= 15 is 0 Å². The molecule has 2 heterocycles. The van der Waals surface area contributed by atoms with Gasteiger partial charge in [-0.05, 0) is 43.7 Å². The van der Waals surface area contributed by atoms with E-state index in [1.165, 1.54) is 12.8 Å². The van der Waals surface area contributed by atoms with Gasteiger partial charge >= 0.3 is 0 Å². The fourth-order valence-electron chi connectivity index (χ4n) is 2.63. The molecule has 1 aliphatic heterocycles. The fraction of sp³-hybridized carbons (Fsp3) is 0.375. The number of aromatic nitrogens is 1. The predicted molar refractivity (Wildman–Crippen MR) is 79.7 cm³/mol. The Bertz CT molecular complexity index is 605. The second-order valence-corrected chi connectivity index (χ2v) is 5.27. The number of fused-ring (bicyclic) bond motifs is 1. The largest absolute Gasteiger partial charge is 0.350 e. The summed E-state index contributed by atoms with van der Waals surface area (Å²) in [5.41, 5.74) is 1.61. The summed E-state index contributed by atoms with van der Waals surface area (Å²) in [5.74, 6) is -0.0110. The van der Waals surface area contributed by atoms with Crippen molar-refractivity contribution in [3.05, 3.63) is 42.1 Å². The average molecular weight is 269 g/mol. The summed E-state index contributed by atoms with van der Waals surface area (Å²) in [6.07, 6.45) is 5.38. The molecule has 0 spiro atoms. The van der Waals surface area contributed by atoms with Gasteiger partial charge in [0, 0.05) is 29.7 Å². The molecule has 1 aromatic carbocycles. The van der Waals surface area contributed by atoms with Crippen LogP contribution in [0.5, 0.6) is 0 Å². The van der Waals surface area contributed by atoms with Gasteiger partial charge in [-0.3, -0.25) is 9.78 Å². The molecule has 1 aliphatic rings. The van der Waals surface area contributed by atoms with Crippen molar-refractivity contribution < 1.29 is 4.79 Å². The first-order valence-electron chi connectivity index (χ1n) is 7.19. The minimum Gasteiger partial charge on any atom is -0.350 e. The lowest BCUT2D eigenvalue weighted by Crippen LogP contribution is -2.43. The van der Waals surface area contributed by atoms with Crippen LogP contribution in [-0.2, 0) is 0 Å². The van der Waals surface area contributed by atoms with Crippen LogP contribution in [0.3, 0.4) is 0 Å². The Hall–Kier alpha value is -1.94. The number of pyridine rings is 1. The van der Waals surface area contributed by atoms with Crippen molar-refractivity contribution >= 4 is 16.8 Å². The van der Waals surface area contributed by atoms with Gasteiger partial charge in [-0.25, -0.2) is 0 Å². The number of nitrogens with zero attached hydrogens (tertiary/aromatic N) is 1. The topological polar surface area (TPSA) is 54.0 Å². The molecule has 1 fully saturated rings. The highest BCUT2D eigenvalue weighted by molar-refractivity contribution is 5.97. The maximum atomic E-state index is 12.2. The number of nitrogens with one attached hydrogen (secondary N) is 2. The van der Waals surface area contributed by atoms with Crippen LogP contribution in [0.4, 0.5) is 0 Å². The second kappa shape index (κ2) is 6.01. The van der Waals surface area contributed by atoms with Gasteiger partial charge in [0.15, 0.2) is 0 Å². The van der Waals surface area contributed by atoms with Gasteiger partial charge in [0.2, 0.25) is 0 Å². The number of amides is 1. The van der Waals surface area contributed by atoms with Crippen LogP contribution in [0.25, 0.3) is 10.9 Å². The number of piperidine rings is 1. The third-order valence-corrected chi connectivity index (χ3v) is 3.79. The molecule has 104 valence electrons. The molecule has 0 saturated carbocycles. The molecule has 3 rings (SSSR count). The van der Waals surface area contributed by atoms with Crippen LogP contribution >= 0.6 is 0 Å². The first kappa shape index (κ1) is 13.1. The van der Waals surface area contributed by atoms with E-state index in [-0.39, 0.29) is 5.91 Å². The Balaban J connectivity index is 1.65. The van der Waals surface area contributed by atoms with Gasteiger partial charge in [-0.15, -0.1) is 0 Å². The Kier molecular flexibility index (Phi) is 3.92. The van der Waals surface area contributed by atoms with Crippen LogP contribution in [0.2, 0.25) is 0 Å². The molecule has 0 radical (unpaired) electrons. The molecule has 1 unspecified atom stereocenters. The predicted octanol–water partition coefficient (Wildman–Crippen LogP) is 2.11. The number of rotatable bonds is 3. The summed E-state index contributed by atoms with van der Waals surface area (Å²) >= 11 is 0. The molecule has 4 heteroatoms. The lowest BCUT2D eigenvalue weighted by Gasteiger charge is -2.23. The summed E-state index contributed by atoms with van der Waals surface area (Å²) in [5, 5.41) is 7.44. The minimum atomic E-state index is -0.0110. The van der Waals surface area contributed by atoms with Crippen molar-refractivity contribution in [2.75, 3.05) is 13.1 Å². The smallest absolute Gasteiger partial charge is 0.251 e. The molecule has 1 aromatic heterocycles. The number of benzene rings is 1. The Labute approximate surface area is 118 Å². The fourth-order valence-corrected chi connectivity index (χ4v) is 2.63. The van der Waals surface area contributed by atoms with Crippen LogP contribution in [0.15, 0.2) is 36.5 Å². The molecule has 0 aliphatic carbocycles. The zero-order chi connectivity index (χ0) is 13.8. The van der Waals surface area contributed by atoms with Crippen molar-refractivity contribution in [2.24, 2.45) is 0 Å². The van der Waals surface area contributed by atoms with Crippen molar-refractivity contribution in [3.63, 3.8) is 0 Å². The molecule has 1 atom stereocenters.